The highest BCUT2D eigenvalue weighted by molar-refractivity contribution is 5.94. The highest BCUT2D eigenvalue weighted by atomic mass is 19.1. The van der Waals surface area contributed by atoms with Crippen molar-refractivity contribution in [1.82, 2.24) is 10.6 Å². The lowest BCUT2D eigenvalue weighted by atomic mass is 10.1. The van der Waals surface area contributed by atoms with E-state index in [0.29, 0.717) is 11.1 Å². The van der Waals surface area contributed by atoms with E-state index in [1.165, 1.54) is 12.1 Å². The first-order chi connectivity index (χ1) is 8.40. The fourth-order valence-corrected chi connectivity index (χ4v) is 1.35. The summed E-state index contributed by atoms with van der Waals surface area (Å²) in [5.74, 6) is -0.682. The first-order valence-electron chi connectivity index (χ1n) is 5.57. The van der Waals surface area contributed by atoms with Crippen LogP contribution in [-0.4, -0.2) is 17.9 Å². The molecule has 6 heteroatoms. The summed E-state index contributed by atoms with van der Waals surface area (Å²) in [6.45, 7) is 3.76. The molecule has 5 nitrogen and oxygen atoms in total. The number of carbonyl (C=O) groups excluding carboxylic acids is 1. The molecule has 1 aromatic carbocycles. The van der Waals surface area contributed by atoms with Gasteiger partial charge in [0.05, 0.1) is 0 Å². The molecule has 18 heavy (non-hydrogen) atoms. The van der Waals surface area contributed by atoms with E-state index in [2.05, 4.69) is 10.6 Å². The topological polar surface area (TPSA) is 91.0 Å². The van der Waals surface area contributed by atoms with E-state index in [1.54, 1.807) is 6.07 Å². The summed E-state index contributed by atoms with van der Waals surface area (Å²) < 4.78 is 13.6. The van der Waals surface area contributed by atoms with Crippen molar-refractivity contribution in [1.29, 1.82) is 5.41 Å². The summed E-state index contributed by atoms with van der Waals surface area (Å²) in [6, 6.07) is 3.90. The van der Waals surface area contributed by atoms with Crippen molar-refractivity contribution in [3.8, 4) is 0 Å². The van der Waals surface area contributed by atoms with E-state index in [9.17, 15) is 9.18 Å². The van der Waals surface area contributed by atoms with Crippen molar-refractivity contribution in [3.63, 3.8) is 0 Å². The molecule has 0 aliphatic rings. The van der Waals surface area contributed by atoms with Crippen LogP contribution in [0, 0.1) is 11.2 Å². The largest absolute Gasteiger partial charge is 0.384 e. The molecule has 0 aliphatic heterocycles. The molecule has 0 heterocycles. The lowest BCUT2D eigenvalue weighted by Crippen LogP contribution is -2.39. The van der Waals surface area contributed by atoms with Crippen molar-refractivity contribution in [3.05, 3.63) is 35.1 Å². The van der Waals surface area contributed by atoms with E-state index < -0.39 is 5.82 Å². The zero-order valence-corrected chi connectivity index (χ0v) is 10.4. The number of urea groups is 1. The normalized spacial score (nSPS) is 10.2. The number of amides is 2. The van der Waals surface area contributed by atoms with E-state index in [4.69, 9.17) is 11.1 Å². The van der Waals surface area contributed by atoms with Crippen molar-refractivity contribution in [2.45, 2.75) is 26.4 Å². The van der Waals surface area contributed by atoms with E-state index in [1.807, 2.05) is 13.8 Å². The van der Waals surface area contributed by atoms with E-state index in [-0.39, 0.29) is 24.5 Å². The molecule has 0 unspecified atom stereocenters. The van der Waals surface area contributed by atoms with Gasteiger partial charge < -0.3 is 16.4 Å². The highest BCUT2D eigenvalue weighted by Gasteiger charge is 2.07. The molecule has 1 rings (SSSR count). The van der Waals surface area contributed by atoms with Gasteiger partial charge in [-0.2, -0.15) is 0 Å². The minimum atomic E-state index is -0.493. The number of hydrogen-bond acceptors (Lipinski definition) is 2. The van der Waals surface area contributed by atoms with Gasteiger partial charge in [-0.25, -0.2) is 9.18 Å². The van der Waals surface area contributed by atoms with Crippen LogP contribution in [0.15, 0.2) is 18.2 Å². The second-order valence-electron chi connectivity index (χ2n) is 4.20. The second-order valence-corrected chi connectivity index (χ2v) is 4.20. The van der Waals surface area contributed by atoms with Gasteiger partial charge in [0.15, 0.2) is 0 Å². The average Bonchev–Trinajstić information content (AvgIpc) is 2.26. The highest BCUT2D eigenvalue weighted by Crippen LogP contribution is 2.09. The summed E-state index contributed by atoms with van der Waals surface area (Å²) in [4.78, 5) is 11.3. The molecule has 0 aromatic heterocycles. The van der Waals surface area contributed by atoms with Gasteiger partial charge in [0, 0.05) is 23.7 Å². The van der Waals surface area contributed by atoms with Gasteiger partial charge in [-0.3, -0.25) is 5.41 Å². The Balaban J connectivity index is 2.63. The Hall–Kier alpha value is -2.11. The van der Waals surface area contributed by atoms with Crippen LogP contribution in [0.2, 0.25) is 0 Å². The van der Waals surface area contributed by atoms with Crippen LogP contribution in [0.5, 0.6) is 0 Å². The van der Waals surface area contributed by atoms with Crippen LogP contribution < -0.4 is 16.4 Å². The van der Waals surface area contributed by atoms with Crippen molar-refractivity contribution in [2.75, 3.05) is 0 Å². The van der Waals surface area contributed by atoms with Gasteiger partial charge in [-0.15, -0.1) is 0 Å². The Labute approximate surface area is 105 Å². The smallest absolute Gasteiger partial charge is 0.315 e. The first kappa shape index (κ1) is 14.0. The molecule has 0 saturated carbocycles. The van der Waals surface area contributed by atoms with Crippen LogP contribution in [0.4, 0.5) is 9.18 Å². The van der Waals surface area contributed by atoms with Crippen LogP contribution in [0.3, 0.4) is 0 Å². The summed E-state index contributed by atoms with van der Waals surface area (Å²) in [6.07, 6.45) is 0. The van der Waals surface area contributed by atoms with Gasteiger partial charge in [0.25, 0.3) is 0 Å². The molecule has 0 saturated heterocycles. The minimum absolute atomic E-state index is 0.0231. The number of benzene rings is 1. The number of nitrogen functional groups attached to an aromatic ring is 1. The zero-order valence-electron chi connectivity index (χ0n) is 10.4. The molecule has 0 radical (unpaired) electrons. The number of nitrogens with two attached hydrogens (primary N) is 1. The van der Waals surface area contributed by atoms with Gasteiger partial charge in [0.1, 0.15) is 11.7 Å². The van der Waals surface area contributed by atoms with Crippen LogP contribution >= 0.6 is 0 Å². The molecular weight excluding hydrogens is 235 g/mol. The van der Waals surface area contributed by atoms with Gasteiger partial charge in [-0.05, 0) is 19.9 Å². The zero-order chi connectivity index (χ0) is 13.7. The maximum atomic E-state index is 13.6. The molecular formula is C12H17FN4O. The Morgan fingerprint density at radius 1 is 1.50 bits per heavy atom. The molecule has 98 valence electrons. The number of carbonyl (C=O) groups is 1. The fourth-order valence-electron chi connectivity index (χ4n) is 1.35. The first-order valence-corrected chi connectivity index (χ1v) is 5.57. The molecule has 0 spiro atoms. The number of rotatable bonds is 4. The molecule has 0 bridgehead atoms. The SMILES string of the molecule is CC(C)NC(=O)NCc1ccc(C(=N)N)cc1F. The Kier molecular flexibility index (Phi) is 4.65. The van der Waals surface area contributed by atoms with Crippen molar-refractivity contribution >= 4 is 11.9 Å². The Bertz CT molecular complexity index is 459. The molecule has 0 aliphatic carbocycles. The average molecular weight is 252 g/mol. The van der Waals surface area contributed by atoms with Crippen molar-refractivity contribution in [2.24, 2.45) is 5.73 Å². The predicted molar refractivity (Wildman–Crippen MR) is 67.9 cm³/mol. The van der Waals surface area contributed by atoms with Gasteiger partial charge >= 0.3 is 6.03 Å². The number of nitrogens with one attached hydrogen (secondary N) is 3. The number of hydrogen-bond donors (Lipinski definition) is 4. The molecule has 2 amide bonds. The lowest BCUT2D eigenvalue weighted by Gasteiger charge is -2.11. The molecule has 0 fully saturated rings. The summed E-state index contributed by atoms with van der Waals surface area (Å²) in [7, 11) is 0. The number of amidine groups is 1. The third-order valence-corrected chi connectivity index (χ3v) is 2.22. The third-order valence-electron chi connectivity index (χ3n) is 2.22. The maximum Gasteiger partial charge on any atom is 0.315 e. The molecule has 0 atom stereocenters. The number of halogens is 1. The summed E-state index contributed by atoms with van der Waals surface area (Å²) >= 11 is 0. The van der Waals surface area contributed by atoms with Crippen molar-refractivity contribution < 1.29 is 9.18 Å². The maximum absolute atomic E-state index is 13.6. The lowest BCUT2D eigenvalue weighted by molar-refractivity contribution is 0.238. The second kappa shape index (κ2) is 6.00. The Morgan fingerprint density at radius 3 is 2.67 bits per heavy atom. The minimum Gasteiger partial charge on any atom is -0.384 e. The summed E-state index contributed by atoms with van der Waals surface area (Å²) in [5, 5.41) is 12.4. The quantitative estimate of drug-likeness (QED) is 0.481. The van der Waals surface area contributed by atoms with E-state index >= 15 is 0 Å². The predicted octanol–water partition coefficient (Wildman–Crippen LogP) is 1.32. The van der Waals surface area contributed by atoms with E-state index in [0.717, 1.165) is 0 Å². The molecule has 1 aromatic rings. The van der Waals surface area contributed by atoms with Crippen LogP contribution in [0.1, 0.15) is 25.0 Å². The third kappa shape index (κ3) is 4.04. The fraction of sp³-hybridized carbons (Fsp3) is 0.333. The van der Waals surface area contributed by atoms with Crippen LogP contribution in [0.25, 0.3) is 0 Å². The molecule has 5 N–H and O–H groups in total. The monoisotopic (exact) mass is 252 g/mol. The standard InChI is InChI=1S/C12H17FN4O/c1-7(2)17-12(18)16-6-9-4-3-8(11(14)15)5-10(9)13/h3-5,7H,6H2,1-2H3,(H3,14,15)(H2,16,17,18). The summed E-state index contributed by atoms with van der Waals surface area (Å²) in [5.41, 5.74) is 5.91. The van der Waals surface area contributed by atoms with Gasteiger partial charge in [-0.1, -0.05) is 12.1 Å². The van der Waals surface area contributed by atoms with Crippen LogP contribution in [-0.2, 0) is 6.54 Å². The van der Waals surface area contributed by atoms with Gasteiger partial charge in [0.2, 0.25) is 0 Å². The Morgan fingerprint density at radius 2 is 2.17 bits per heavy atom.